The van der Waals surface area contributed by atoms with Gasteiger partial charge in [0.25, 0.3) is 0 Å². The van der Waals surface area contributed by atoms with E-state index in [0.29, 0.717) is 0 Å². The fourth-order valence-electron chi connectivity index (χ4n) is 1.68. The molecule has 0 fully saturated rings. The normalized spacial score (nSPS) is 8.00. The molecule has 4 aromatic carbocycles. The van der Waals surface area contributed by atoms with Gasteiger partial charge in [0.05, 0.1) is 0 Å². The second-order valence-electron chi connectivity index (χ2n) is 5.25. The van der Waals surface area contributed by atoms with Gasteiger partial charge in [0.2, 0.25) is 0 Å². The molecule has 0 heterocycles. The molecule has 0 saturated heterocycles. The molecule has 0 radical (unpaired) electrons. The molecule has 0 unspecified atom stereocenters. The Kier molecular flexibility index (Phi) is 19.6. The molecule has 0 saturated carbocycles. The maximum Gasteiger partial charge on any atom is 2.00 e. The van der Waals surface area contributed by atoms with Crippen molar-refractivity contribution in [3.05, 3.63) is 121 Å². The van der Waals surface area contributed by atoms with Crippen LogP contribution in [0.25, 0.3) is 0 Å². The van der Waals surface area contributed by atoms with Crippen LogP contribution >= 0.6 is 0 Å². The monoisotopic (exact) mass is 468 g/mol. The van der Waals surface area contributed by atoms with E-state index < -0.39 is 0 Å². The van der Waals surface area contributed by atoms with Crippen molar-refractivity contribution < 1.29 is 63.9 Å². The molecular formula is C24H20O4Ti2. The molecule has 4 rings (SSSR count). The SMILES string of the molecule is [O-]c1ccccc1.[O-]c1ccccc1.[O-]c1ccccc1.[O-]c1ccccc1.[Ti+2].[Ti+2]. The Balaban J connectivity index is 0. The summed E-state index contributed by atoms with van der Waals surface area (Å²) in [4.78, 5) is 0. The van der Waals surface area contributed by atoms with Gasteiger partial charge >= 0.3 is 43.4 Å². The Morgan fingerprint density at radius 1 is 0.267 bits per heavy atom. The number of para-hydroxylation sites is 4. The fraction of sp³-hybridized carbons (Fsp3) is 0. The molecule has 0 aliphatic rings. The van der Waals surface area contributed by atoms with Crippen LogP contribution in [-0.4, -0.2) is 0 Å². The zero-order chi connectivity index (χ0) is 20.5. The predicted octanol–water partition coefficient (Wildman–Crippen LogP) is 3.04. The minimum atomic E-state index is 0. The summed E-state index contributed by atoms with van der Waals surface area (Å²) in [6.45, 7) is 0. The summed E-state index contributed by atoms with van der Waals surface area (Å²) in [7, 11) is 0. The van der Waals surface area contributed by atoms with Crippen molar-refractivity contribution in [3.8, 4) is 23.0 Å². The van der Waals surface area contributed by atoms with Crippen molar-refractivity contribution in [3.63, 3.8) is 0 Å². The second-order valence-corrected chi connectivity index (χ2v) is 5.25. The zero-order valence-electron chi connectivity index (χ0n) is 16.2. The molecule has 30 heavy (non-hydrogen) atoms. The molecule has 0 spiro atoms. The van der Waals surface area contributed by atoms with Crippen LogP contribution < -0.4 is 20.4 Å². The quantitative estimate of drug-likeness (QED) is 0.371. The Morgan fingerprint density at radius 3 is 0.467 bits per heavy atom. The maximum absolute atomic E-state index is 10.3. The molecule has 4 aromatic rings. The van der Waals surface area contributed by atoms with Crippen LogP contribution in [0.5, 0.6) is 23.0 Å². The number of rotatable bonds is 0. The topological polar surface area (TPSA) is 92.2 Å². The second kappa shape index (κ2) is 19.8. The third-order valence-corrected chi connectivity index (χ3v) is 2.97. The summed E-state index contributed by atoms with van der Waals surface area (Å²) in [5.41, 5.74) is 0. The van der Waals surface area contributed by atoms with E-state index in [9.17, 15) is 20.4 Å². The van der Waals surface area contributed by atoms with Crippen molar-refractivity contribution in [1.82, 2.24) is 0 Å². The molecule has 0 amide bonds. The van der Waals surface area contributed by atoms with Gasteiger partial charge in [-0.1, -0.05) is 121 Å². The summed E-state index contributed by atoms with van der Waals surface area (Å²) in [5, 5.41) is 41.1. The first-order chi connectivity index (χ1) is 13.6. The maximum atomic E-state index is 10.3. The average Bonchev–Trinajstić information content (AvgIpc) is 2.72. The first-order valence-corrected chi connectivity index (χ1v) is 8.46. The predicted molar refractivity (Wildman–Crippen MR) is 104 cm³/mol. The van der Waals surface area contributed by atoms with Crippen molar-refractivity contribution in [2.24, 2.45) is 0 Å². The summed E-state index contributed by atoms with van der Waals surface area (Å²) >= 11 is 0. The molecule has 0 bridgehead atoms. The van der Waals surface area contributed by atoms with Crippen LogP contribution in [-0.2, 0) is 43.4 Å². The Morgan fingerprint density at radius 2 is 0.400 bits per heavy atom. The number of benzene rings is 4. The van der Waals surface area contributed by atoms with Gasteiger partial charge in [-0.05, 0) is 0 Å². The van der Waals surface area contributed by atoms with E-state index in [1.54, 1.807) is 48.5 Å². The van der Waals surface area contributed by atoms with Gasteiger partial charge in [0, 0.05) is 0 Å². The molecule has 148 valence electrons. The molecule has 0 atom stereocenters. The van der Waals surface area contributed by atoms with E-state index in [1.165, 1.54) is 48.5 Å². The smallest absolute Gasteiger partial charge is 0.872 e. The van der Waals surface area contributed by atoms with Crippen LogP contribution in [0.1, 0.15) is 0 Å². The number of hydrogen-bond acceptors (Lipinski definition) is 4. The van der Waals surface area contributed by atoms with E-state index in [-0.39, 0.29) is 66.4 Å². The first-order valence-electron chi connectivity index (χ1n) is 8.46. The van der Waals surface area contributed by atoms with E-state index in [0.717, 1.165) is 0 Å². The van der Waals surface area contributed by atoms with Gasteiger partial charge in [-0.2, -0.15) is 0 Å². The fourth-order valence-corrected chi connectivity index (χ4v) is 1.68. The largest absolute Gasteiger partial charge is 2.00 e. The van der Waals surface area contributed by atoms with Crippen LogP contribution in [0.3, 0.4) is 0 Å². The van der Waals surface area contributed by atoms with E-state index >= 15 is 0 Å². The molecule has 0 aliphatic heterocycles. The molecular weight excluding hydrogens is 448 g/mol. The molecule has 0 aromatic heterocycles. The standard InChI is InChI=1S/4C6H6O.2Ti/c4*7-6-4-2-1-3-5-6;;/h4*1-5,7H;;/q;;;;2*+2/p-4. The van der Waals surface area contributed by atoms with Crippen LogP contribution in [0.4, 0.5) is 0 Å². The molecule has 4 nitrogen and oxygen atoms in total. The van der Waals surface area contributed by atoms with Crippen molar-refractivity contribution in [2.45, 2.75) is 0 Å². The van der Waals surface area contributed by atoms with Crippen LogP contribution in [0.2, 0.25) is 0 Å². The average molecular weight is 468 g/mol. The number of hydrogen-bond donors (Lipinski definition) is 0. The Labute approximate surface area is 207 Å². The minimum Gasteiger partial charge on any atom is -0.872 e. The van der Waals surface area contributed by atoms with Gasteiger partial charge < -0.3 is 20.4 Å². The minimum absolute atomic E-state index is 0. The van der Waals surface area contributed by atoms with Crippen molar-refractivity contribution in [1.29, 1.82) is 0 Å². The summed E-state index contributed by atoms with van der Waals surface area (Å²) < 4.78 is 0. The summed E-state index contributed by atoms with van der Waals surface area (Å²) in [5.74, 6) is 0.287. The molecule has 0 N–H and O–H groups in total. The van der Waals surface area contributed by atoms with E-state index in [2.05, 4.69) is 0 Å². The first kappa shape index (κ1) is 29.7. The van der Waals surface area contributed by atoms with Crippen molar-refractivity contribution in [2.75, 3.05) is 0 Å². The van der Waals surface area contributed by atoms with Crippen LogP contribution in [0, 0.1) is 0 Å². The Bertz CT molecular complexity index is 697. The third-order valence-electron chi connectivity index (χ3n) is 2.97. The zero-order valence-corrected chi connectivity index (χ0v) is 19.3. The third kappa shape index (κ3) is 17.6. The van der Waals surface area contributed by atoms with E-state index in [1.807, 2.05) is 24.3 Å². The van der Waals surface area contributed by atoms with Gasteiger partial charge in [-0.25, -0.2) is 0 Å². The summed E-state index contributed by atoms with van der Waals surface area (Å²) in [6.07, 6.45) is 0. The van der Waals surface area contributed by atoms with Gasteiger partial charge in [-0.3, -0.25) is 0 Å². The van der Waals surface area contributed by atoms with E-state index in [4.69, 9.17) is 0 Å². The molecule has 6 heteroatoms. The van der Waals surface area contributed by atoms with Crippen molar-refractivity contribution >= 4 is 0 Å². The Hall–Kier alpha value is -2.49. The van der Waals surface area contributed by atoms with Gasteiger partial charge in [0.15, 0.2) is 0 Å². The van der Waals surface area contributed by atoms with Crippen LogP contribution in [0.15, 0.2) is 121 Å². The van der Waals surface area contributed by atoms with Gasteiger partial charge in [-0.15, -0.1) is 23.0 Å². The summed E-state index contributed by atoms with van der Waals surface area (Å²) in [6, 6.07) is 33.3. The van der Waals surface area contributed by atoms with Gasteiger partial charge in [0.1, 0.15) is 0 Å². The molecule has 0 aliphatic carbocycles.